The number of carbonyl (C=O) groups is 1. The average molecular weight is 352 g/mol. The molecule has 0 aromatic rings. The summed E-state index contributed by atoms with van der Waals surface area (Å²) in [7, 11) is 3.97. The van der Waals surface area contributed by atoms with Crippen LogP contribution in [0.1, 0.15) is 52.4 Å². The van der Waals surface area contributed by atoms with Gasteiger partial charge in [-0.05, 0) is 39.7 Å². The molecule has 144 valence electrons. The molecule has 2 aliphatic rings. The summed E-state index contributed by atoms with van der Waals surface area (Å²) in [6, 6.07) is 0.908. The fourth-order valence-corrected chi connectivity index (χ4v) is 3.78. The van der Waals surface area contributed by atoms with Crippen LogP contribution in [0.4, 0.5) is 0 Å². The number of likely N-dealkylation sites (tertiary alicyclic amines) is 1. The standard InChI is InChI=1S/C19H37N5O/c1-5-15(2)23(4)13-11-21-19(20-3)22-17-10-12-24(14-17)18(25)16-8-6-7-9-16/h15-17H,5-14H2,1-4H3,(H2,20,21,22). The molecule has 1 saturated heterocycles. The van der Waals surface area contributed by atoms with Gasteiger partial charge in [0, 0.05) is 51.2 Å². The number of likely N-dealkylation sites (N-methyl/N-ethyl adjacent to an activating group) is 1. The van der Waals surface area contributed by atoms with Gasteiger partial charge in [-0.1, -0.05) is 19.8 Å². The smallest absolute Gasteiger partial charge is 0.225 e. The van der Waals surface area contributed by atoms with Crippen LogP contribution in [0.15, 0.2) is 4.99 Å². The highest BCUT2D eigenvalue weighted by Gasteiger charge is 2.32. The zero-order chi connectivity index (χ0) is 18.2. The molecular weight excluding hydrogens is 314 g/mol. The van der Waals surface area contributed by atoms with Crippen LogP contribution in [-0.4, -0.2) is 74.0 Å². The maximum absolute atomic E-state index is 12.5. The normalized spacial score (nSPS) is 23.3. The van der Waals surface area contributed by atoms with E-state index in [1.807, 2.05) is 7.05 Å². The minimum atomic E-state index is 0.285. The number of guanidine groups is 1. The van der Waals surface area contributed by atoms with Crippen molar-refractivity contribution in [1.29, 1.82) is 0 Å². The van der Waals surface area contributed by atoms with E-state index in [0.29, 0.717) is 18.0 Å². The van der Waals surface area contributed by atoms with Crippen molar-refractivity contribution in [2.24, 2.45) is 10.9 Å². The Morgan fingerprint density at radius 3 is 2.68 bits per heavy atom. The molecule has 1 aliphatic heterocycles. The predicted molar refractivity (Wildman–Crippen MR) is 104 cm³/mol. The first-order valence-electron chi connectivity index (χ1n) is 10.0. The third kappa shape index (κ3) is 5.87. The Labute approximate surface area is 153 Å². The topological polar surface area (TPSA) is 60.0 Å². The summed E-state index contributed by atoms with van der Waals surface area (Å²) < 4.78 is 0. The first-order valence-corrected chi connectivity index (χ1v) is 10.0. The highest BCUT2D eigenvalue weighted by molar-refractivity contribution is 5.81. The molecule has 25 heavy (non-hydrogen) atoms. The Bertz CT molecular complexity index is 447. The van der Waals surface area contributed by atoms with Crippen molar-refractivity contribution in [3.8, 4) is 0 Å². The molecule has 2 rings (SSSR count). The molecule has 0 bridgehead atoms. The molecule has 0 aromatic heterocycles. The van der Waals surface area contributed by atoms with Crippen LogP contribution >= 0.6 is 0 Å². The Morgan fingerprint density at radius 2 is 2.04 bits per heavy atom. The van der Waals surface area contributed by atoms with Gasteiger partial charge in [-0.2, -0.15) is 0 Å². The van der Waals surface area contributed by atoms with Gasteiger partial charge in [0.2, 0.25) is 5.91 Å². The van der Waals surface area contributed by atoms with Gasteiger partial charge in [0.25, 0.3) is 0 Å². The van der Waals surface area contributed by atoms with Crippen LogP contribution in [-0.2, 0) is 4.79 Å². The van der Waals surface area contributed by atoms with E-state index in [4.69, 9.17) is 0 Å². The highest BCUT2D eigenvalue weighted by atomic mass is 16.2. The number of carbonyl (C=O) groups excluding carboxylic acids is 1. The molecule has 2 N–H and O–H groups in total. The minimum absolute atomic E-state index is 0.285. The summed E-state index contributed by atoms with van der Waals surface area (Å²) in [5.41, 5.74) is 0. The van der Waals surface area contributed by atoms with Crippen LogP contribution in [0.25, 0.3) is 0 Å². The van der Waals surface area contributed by atoms with Crippen LogP contribution in [0, 0.1) is 5.92 Å². The molecule has 0 spiro atoms. The summed E-state index contributed by atoms with van der Waals surface area (Å²) >= 11 is 0. The lowest BCUT2D eigenvalue weighted by Gasteiger charge is -2.24. The lowest BCUT2D eigenvalue weighted by atomic mass is 10.1. The molecule has 1 amide bonds. The zero-order valence-corrected chi connectivity index (χ0v) is 16.6. The van der Waals surface area contributed by atoms with Crippen molar-refractivity contribution in [1.82, 2.24) is 20.4 Å². The van der Waals surface area contributed by atoms with Crippen molar-refractivity contribution >= 4 is 11.9 Å². The lowest BCUT2D eigenvalue weighted by molar-refractivity contribution is -0.134. The predicted octanol–water partition coefficient (Wildman–Crippen LogP) is 1.67. The monoisotopic (exact) mass is 351 g/mol. The number of hydrogen-bond donors (Lipinski definition) is 2. The van der Waals surface area contributed by atoms with Gasteiger partial charge in [0.05, 0.1) is 0 Å². The number of hydrogen-bond acceptors (Lipinski definition) is 3. The Balaban J connectivity index is 1.70. The van der Waals surface area contributed by atoms with Crippen molar-refractivity contribution in [3.05, 3.63) is 0 Å². The quantitative estimate of drug-likeness (QED) is 0.541. The average Bonchev–Trinajstić information content (AvgIpc) is 3.31. The van der Waals surface area contributed by atoms with Crippen molar-refractivity contribution in [2.45, 2.75) is 64.5 Å². The number of aliphatic imine (C=N–C) groups is 1. The van der Waals surface area contributed by atoms with Crippen molar-refractivity contribution < 1.29 is 4.79 Å². The fraction of sp³-hybridized carbons (Fsp3) is 0.895. The summed E-state index contributed by atoms with van der Waals surface area (Å²) in [5.74, 6) is 1.50. The Kier molecular flexibility index (Phi) is 8.00. The summed E-state index contributed by atoms with van der Waals surface area (Å²) in [4.78, 5) is 21.3. The zero-order valence-electron chi connectivity index (χ0n) is 16.6. The van der Waals surface area contributed by atoms with E-state index in [1.165, 1.54) is 12.8 Å². The third-order valence-electron chi connectivity index (χ3n) is 5.87. The largest absolute Gasteiger partial charge is 0.355 e. The van der Waals surface area contributed by atoms with Crippen molar-refractivity contribution in [3.63, 3.8) is 0 Å². The van der Waals surface area contributed by atoms with Gasteiger partial charge >= 0.3 is 0 Å². The first kappa shape index (κ1) is 20.0. The van der Waals surface area contributed by atoms with E-state index >= 15 is 0 Å². The van der Waals surface area contributed by atoms with E-state index in [9.17, 15) is 4.79 Å². The van der Waals surface area contributed by atoms with E-state index in [0.717, 1.165) is 57.8 Å². The molecule has 6 nitrogen and oxygen atoms in total. The van der Waals surface area contributed by atoms with Crippen LogP contribution in [0.2, 0.25) is 0 Å². The van der Waals surface area contributed by atoms with Crippen LogP contribution in [0.5, 0.6) is 0 Å². The lowest BCUT2D eigenvalue weighted by Crippen LogP contribution is -2.47. The molecule has 0 aromatic carbocycles. The summed E-state index contributed by atoms with van der Waals surface area (Å²) in [6.07, 6.45) is 6.77. The van der Waals surface area contributed by atoms with E-state index in [2.05, 4.69) is 46.3 Å². The van der Waals surface area contributed by atoms with Crippen LogP contribution < -0.4 is 10.6 Å². The Morgan fingerprint density at radius 1 is 1.32 bits per heavy atom. The fourth-order valence-electron chi connectivity index (χ4n) is 3.78. The van der Waals surface area contributed by atoms with Gasteiger partial charge in [0.1, 0.15) is 0 Å². The molecule has 2 unspecified atom stereocenters. The highest BCUT2D eigenvalue weighted by Crippen LogP contribution is 2.27. The number of nitrogens with zero attached hydrogens (tertiary/aromatic N) is 3. The van der Waals surface area contributed by atoms with Crippen molar-refractivity contribution in [2.75, 3.05) is 40.3 Å². The van der Waals surface area contributed by atoms with Gasteiger partial charge in [-0.15, -0.1) is 0 Å². The second kappa shape index (κ2) is 10.00. The molecule has 2 fully saturated rings. The number of nitrogens with one attached hydrogen (secondary N) is 2. The summed E-state index contributed by atoms with van der Waals surface area (Å²) in [5, 5.41) is 6.88. The van der Waals surface area contributed by atoms with Crippen LogP contribution in [0.3, 0.4) is 0 Å². The summed E-state index contributed by atoms with van der Waals surface area (Å²) in [6.45, 7) is 8.02. The first-order chi connectivity index (χ1) is 12.0. The second-order valence-electron chi connectivity index (χ2n) is 7.63. The van der Waals surface area contributed by atoms with E-state index in [-0.39, 0.29) is 5.92 Å². The molecule has 1 heterocycles. The Hall–Kier alpha value is -1.30. The van der Waals surface area contributed by atoms with Gasteiger partial charge < -0.3 is 20.4 Å². The van der Waals surface area contributed by atoms with E-state index < -0.39 is 0 Å². The second-order valence-corrected chi connectivity index (χ2v) is 7.63. The minimum Gasteiger partial charge on any atom is -0.355 e. The van der Waals surface area contributed by atoms with Gasteiger partial charge in [-0.3, -0.25) is 9.79 Å². The van der Waals surface area contributed by atoms with Gasteiger partial charge in [-0.25, -0.2) is 0 Å². The maximum Gasteiger partial charge on any atom is 0.225 e. The molecule has 1 saturated carbocycles. The molecule has 2 atom stereocenters. The maximum atomic E-state index is 12.5. The molecule has 1 aliphatic carbocycles. The molecule has 6 heteroatoms. The number of amides is 1. The van der Waals surface area contributed by atoms with Gasteiger partial charge in [0.15, 0.2) is 5.96 Å². The number of rotatable bonds is 7. The SMILES string of the molecule is CCC(C)N(C)CCNC(=NC)NC1CCN(C(=O)C2CCCC2)C1. The molecular formula is C19H37N5O. The third-order valence-corrected chi connectivity index (χ3v) is 5.87. The molecule has 0 radical (unpaired) electrons. The van der Waals surface area contributed by atoms with E-state index in [1.54, 1.807) is 0 Å².